The first-order valence-electron chi connectivity index (χ1n) is 8.35. The van der Waals surface area contributed by atoms with Gasteiger partial charge in [0, 0.05) is 5.92 Å². The van der Waals surface area contributed by atoms with E-state index in [0.29, 0.717) is 5.56 Å². The Labute approximate surface area is 150 Å². The SMILES string of the molecule is C[C@@H](C#N)C[C@@H](NC(=O)c1c2ccccc2cc2ccccc12)C(=O)O. The first-order chi connectivity index (χ1) is 12.5. The summed E-state index contributed by atoms with van der Waals surface area (Å²) in [7, 11) is 0. The van der Waals surface area contributed by atoms with Gasteiger partial charge < -0.3 is 10.4 Å². The first-order valence-corrected chi connectivity index (χ1v) is 8.35. The van der Waals surface area contributed by atoms with Crippen LogP contribution in [-0.2, 0) is 4.79 Å². The number of benzene rings is 3. The fourth-order valence-corrected chi connectivity index (χ4v) is 3.12. The minimum absolute atomic E-state index is 0.0558. The molecule has 5 heteroatoms. The third-order valence-corrected chi connectivity index (χ3v) is 4.41. The number of aliphatic carboxylic acids is 1. The largest absolute Gasteiger partial charge is 0.480 e. The molecule has 5 nitrogen and oxygen atoms in total. The first kappa shape index (κ1) is 17.4. The Kier molecular flexibility index (Phi) is 4.85. The van der Waals surface area contributed by atoms with Crippen molar-refractivity contribution in [3.05, 3.63) is 60.2 Å². The smallest absolute Gasteiger partial charge is 0.326 e. The fraction of sp³-hybridized carbons (Fsp3) is 0.190. The van der Waals surface area contributed by atoms with Gasteiger partial charge >= 0.3 is 5.97 Å². The van der Waals surface area contributed by atoms with Gasteiger partial charge in [-0.25, -0.2) is 4.79 Å². The monoisotopic (exact) mass is 346 g/mol. The molecule has 0 aromatic heterocycles. The molecular weight excluding hydrogens is 328 g/mol. The topological polar surface area (TPSA) is 90.2 Å². The van der Waals surface area contributed by atoms with Gasteiger partial charge in [0.1, 0.15) is 6.04 Å². The maximum Gasteiger partial charge on any atom is 0.326 e. The molecule has 0 radical (unpaired) electrons. The average molecular weight is 346 g/mol. The van der Waals surface area contributed by atoms with Crippen molar-refractivity contribution in [1.82, 2.24) is 5.32 Å². The molecule has 0 spiro atoms. The number of carboxylic acid groups (broad SMARTS) is 1. The molecule has 0 heterocycles. The van der Waals surface area contributed by atoms with Crippen LogP contribution >= 0.6 is 0 Å². The van der Waals surface area contributed by atoms with Crippen LogP contribution in [0.4, 0.5) is 0 Å². The summed E-state index contributed by atoms with van der Waals surface area (Å²) in [6.45, 7) is 1.63. The van der Waals surface area contributed by atoms with Crippen molar-refractivity contribution in [2.45, 2.75) is 19.4 Å². The van der Waals surface area contributed by atoms with E-state index in [-0.39, 0.29) is 6.42 Å². The summed E-state index contributed by atoms with van der Waals surface area (Å²) in [6, 6.07) is 17.9. The second-order valence-electron chi connectivity index (χ2n) is 6.32. The highest BCUT2D eigenvalue weighted by Crippen LogP contribution is 2.28. The number of hydrogen-bond donors (Lipinski definition) is 2. The van der Waals surface area contributed by atoms with Crippen molar-refractivity contribution < 1.29 is 14.7 Å². The Morgan fingerprint density at radius 1 is 1.08 bits per heavy atom. The minimum atomic E-state index is -1.15. The van der Waals surface area contributed by atoms with Gasteiger partial charge in [0.05, 0.1) is 11.6 Å². The lowest BCUT2D eigenvalue weighted by atomic mass is 9.95. The van der Waals surface area contributed by atoms with Crippen molar-refractivity contribution >= 4 is 33.4 Å². The van der Waals surface area contributed by atoms with Crippen LogP contribution in [0.25, 0.3) is 21.5 Å². The van der Waals surface area contributed by atoms with Gasteiger partial charge in [0.2, 0.25) is 0 Å². The zero-order chi connectivity index (χ0) is 18.7. The summed E-state index contributed by atoms with van der Waals surface area (Å²) in [5, 5.41) is 24.3. The predicted octanol–water partition coefficient (Wildman–Crippen LogP) is 3.73. The Morgan fingerprint density at radius 3 is 2.12 bits per heavy atom. The molecule has 2 atom stereocenters. The molecular formula is C21H18N2O3. The quantitative estimate of drug-likeness (QED) is 0.689. The van der Waals surface area contributed by atoms with Gasteiger partial charge in [0.15, 0.2) is 0 Å². The van der Waals surface area contributed by atoms with E-state index in [4.69, 9.17) is 5.26 Å². The second-order valence-corrected chi connectivity index (χ2v) is 6.32. The maximum atomic E-state index is 13.0. The average Bonchev–Trinajstić information content (AvgIpc) is 2.65. The normalized spacial score (nSPS) is 13.1. The van der Waals surface area contributed by atoms with Gasteiger partial charge in [-0.3, -0.25) is 4.79 Å². The molecule has 0 fully saturated rings. The molecule has 3 rings (SSSR count). The Balaban J connectivity index is 2.09. The molecule has 0 saturated heterocycles. The highest BCUT2D eigenvalue weighted by atomic mass is 16.4. The Morgan fingerprint density at radius 2 is 1.62 bits per heavy atom. The summed E-state index contributed by atoms with van der Waals surface area (Å²) in [6.07, 6.45) is 0.0558. The lowest BCUT2D eigenvalue weighted by Gasteiger charge is -2.17. The number of amides is 1. The van der Waals surface area contributed by atoms with Crippen LogP contribution in [0.5, 0.6) is 0 Å². The summed E-state index contributed by atoms with van der Waals surface area (Å²) in [5.41, 5.74) is 0.453. The number of nitrogens with one attached hydrogen (secondary N) is 1. The Hall–Kier alpha value is -3.39. The number of nitriles is 1. The molecule has 0 saturated carbocycles. The molecule has 0 bridgehead atoms. The van der Waals surface area contributed by atoms with Crippen LogP contribution in [0, 0.1) is 17.2 Å². The molecule has 0 aliphatic carbocycles. The van der Waals surface area contributed by atoms with Gasteiger partial charge in [0.25, 0.3) is 5.91 Å². The van der Waals surface area contributed by atoms with E-state index in [1.807, 2.05) is 60.7 Å². The van der Waals surface area contributed by atoms with Crippen molar-refractivity contribution in [1.29, 1.82) is 5.26 Å². The van der Waals surface area contributed by atoms with Crippen LogP contribution in [-0.4, -0.2) is 23.0 Å². The van der Waals surface area contributed by atoms with Crippen molar-refractivity contribution in [2.75, 3.05) is 0 Å². The van der Waals surface area contributed by atoms with E-state index < -0.39 is 23.8 Å². The number of rotatable bonds is 5. The third kappa shape index (κ3) is 3.35. The molecule has 130 valence electrons. The standard InChI is InChI=1S/C21H18N2O3/c1-13(12-22)10-18(21(25)26)23-20(24)19-16-8-4-2-6-14(16)11-15-7-3-5-9-17(15)19/h2-9,11,13,18H,10H2,1H3,(H,23,24)(H,25,26)/t13-,18-/m1/s1. The molecule has 0 aliphatic rings. The van der Waals surface area contributed by atoms with E-state index in [0.717, 1.165) is 21.5 Å². The number of carboxylic acids is 1. The fourth-order valence-electron chi connectivity index (χ4n) is 3.12. The lowest BCUT2D eigenvalue weighted by Crippen LogP contribution is -2.41. The maximum absolute atomic E-state index is 13.0. The minimum Gasteiger partial charge on any atom is -0.480 e. The Bertz CT molecular complexity index is 982. The van der Waals surface area contributed by atoms with Crippen LogP contribution < -0.4 is 5.32 Å². The highest BCUT2D eigenvalue weighted by molar-refractivity contribution is 6.18. The van der Waals surface area contributed by atoms with Crippen molar-refractivity contribution in [3.8, 4) is 6.07 Å². The number of fused-ring (bicyclic) bond motifs is 2. The third-order valence-electron chi connectivity index (χ3n) is 4.41. The highest BCUT2D eigenvalue weighted by Gasteiger charge is 2.24. The van der Waals surface area contributed by atoms with E-state index in [1.54, 1.807) is 6.92 Å². The summed E-state index contributed by atoms with van der Waals surface area (Å²) in [4.78, 5) is 24.5. The van der Waals surface area contributed by atoms with E-state index >= 15 is 0 Å². The summed E-state index contributed by atoms with van der Waals surface area (Å²) >= 11 is 0. The summed E-state index contributed by atoms with van der Waals surface area (Å²) in [5.74, 6) is -2.07. The zero-order valence-electron chi connectivity index (χ0n) is 14.3. The van der Waals surface area contributed by atoms with Gasteiger partial charge in [-0.1, -0.05) is 48.5 Å². The molecule has 2 N–H and O–H groups in total. The van der Waals surface area contributed by atoms with Gasteiger partial charge in [-0.2, -0.15) is 5.26 Å². The molecule has 1 amide bonds. The van der Waals surface area contributed by atoms with E-state index in [9.17, 15) is 14.7 Å². The number of nitrogens with zero attached hydrogens (tertiary/aromatic N) is 1. The van der Waals surface area contributed by atoms with Crippen LogP contribution in [0.2, 0.25) is 0 Å². The van der Waals surface area contributed by atoms with Crippen molar-refractivity contribution in [3.63, 3.8) is 0 Å². The van der Waals surface area contributed by atoms with Gasteiger partial charge in [-0.15, -0.1) is 0 Å². The molecule has 26 heavy (non-hydrogen) atoms. The zero-order valence-corrected chi connectivity index (χ0v) is 14.3. The lowest BCUT2D eigenvalue weighted by molar-refractivity contribution is -0.139. The van der Waals surface area contributed by atoms with Crippen LogP contribution in [0.15, 0.2) is 54.6 Å². The van der Waals surface area contributed by atoms with E-state index in [2.05, 4.69) is 5.32 Å². The summed E-state index contributed by atoms with van der Waals surface area (Å²) < 4.78 is 0. The predicted molar refractivity (Wildman–Crippen MR) is 99.7 cm³/mol. The van der Waals surface area contributed by atoms with Crippen LogP contribution in [0.1, 0.15) is 23.7 Å². The number of carbonyl (C=O) groups is 2. The van der Waals surface area contributed by atoms with E-state index in [1.165, 1.54) is 0 Å². The molecule has 0 aliphatic heterocycles. The second kappa shape index (κ2) is 7.24. The van der Waals surface area contributed by atoms with Gasteiger partial charge in [-0.05, 0) is 41.0 Å². The molecule has 3 aromatic rings. The van der Waals surface area contributed by atoms with Crippen LogP contribution in [0.3, 0.4) is 0 Å². The molecule has 0 unspecified atom stereocenters. The van der Waals surface area contributed by atoms with Crippen molar-refractivity contribution in [2.24, 2.45) is 5.92 Å². The molecule has 3 aromatic carbocycles. The number of hydrogen-bond acceptors (Lipinski definition) is 3. The number of carbonyl (C=O) groups excluding carboxylic acids is 1.